The Morgan fingerprint density at radius 2 is 1.94 bits per heavy atom. The first kappa shape index (κ1) is 14.4. The van der Waals surface area contributed by atoms with Crippen molar-refractivity contribution in [1.82, 2.24) is 0 Å². The van der Waals surface area contributed by atoms with Gasteiger partial charge in [0.2, 0.25) is 0 Å². The molecule has 0 amide bonds. The van der Waals surface area contributed by atoms with E-state index in [0.29, 0.717) is 17.1 Å². The average Bonchev–Trinajstić information content (AvgIpc) is 2.51. The molecule has 102 valence electrons. The molecular weight excluding hydrogens is 232 g/mol. The Kier molecular flexibility index (Phi) is 3.89. The Bertz CT molecular complexity index is 462. The Balaban J connectivity index is 0.00000324. The maximum Gasteiger partial charge on any atom is 0.336 e. The largest absolute Gasteiger partial charge is 0.466 e. The zero-order chi connectivity index (χ0) is 14.1. The molecule has 0 radical (unpaired) electrons. The van der Waals surface area contributed by atoms with Crippen LogP contribution >= 0.6 is 0 Å². The van der Waals surface area contributed by atoms with Crippen molar-refractivity contribution in [2.24, 2.45) is 0 Å². The van der Waals surface area contributed by atoms with Crippen molar-refractivity contribution in [2.75, 3.05) is 7.11 Å². The SMILES string of the molecule is C=C1OC(C)(O/C(C)=C(\C)C(=O)OC)C(C)=C1C.[2HH]. The zero-order valence-electron chi connectivity index (χ0n) is 11.8. The van der Waals surface area contributed by atoms with Gasteiger partial charge < -0.3 is 14.2 Å². The van der Waals surface area contributed by atoms with Gasteiger partial charge in [-0.25, -0.2) is 4.79 Å². The van der Waals surface area contributed by atoms with Gasteiger partial charge in [0.1, 0.15) is 11.5 Å². The zero-order valence-corrected chi connectivity index (χ0v) is 11.8. The van der Waals surface area contributed by atoms with Gasteiger partial charge in [-0.3, -0.25) is 0 Å². The lowest BCUT2D eigenvalue weighted by Crippen LogP contribution is -2.29. The number of rotatable bonds is 3. The van der Waals surface area contributed by atoms with E-state index in [2.05, 4.69) is 11.3 Å². The summed E-state index contributed by atoms with van der Waals surface area (Å²) in [5, 5.41) is 0. The smallest absolute Gasteiger partial charge is 0.336 e. The van der Waals surface area contributed by atoms with Crippen molar-refractivity contribution in [2.45, 2.75) is 40.4 Å². The van der Waals surface area contributed by atoms with Crippen LogP contribution in [0.5, 0.6) is 0 Å². The van der Waals surface area contributed by atoms with Crippen molar-refractivity contribution in [3.05, 3.63) is 34.8 Å². The minimum atomic E-state index is -0.902. The van der Waals surface area contributed by atoms with Crippen LogP contribution in [0.3, 0.4) is 0 Å². The molecule has 0 saturated carbocycles. The molecule has 0 aromatic carbocycles. The van der Waals surface area contributed by atoms with E-state index in [1.807, 2.05) is 13.8 Å². The van der Waals surface area contributed by atoms with Gasteiger partial charge in [0.15, 0.2) is 0 Å². The van der Waals surface area contributed by atoms with Gasteiger partial charge in [-0.05, 0) is 33.3 Å². The third kappa shape index (κ3) is 2.42. The molecule has 0 fully saturated rings. The highest BCUT2D eigenvalue weighted by atomic mass is 16.7. The van der Waals surface area contributed by atoms with E-state index in [9.17, 15) is 4.79 Å². The van der Waals surface area contributed by atoms with E-state index in [1.54, 1.807) is 20.8 Å². The Hall–Kier alpha value is -1.71. The van der Waals surface area contributed by atoms with E-state index in [-0.39, 0.29) is 1.43 Å². The summed E-state index contributed by atoms with van der Waals surface area (Å²) >= 11 is 0. The molecule has 1 rings (SSSR count). The molecule has 0 saturated heterocycles. The number of carbonyl (C=O) groups is 1. The molecular formula is C14H22O4. The summed E-state index contributed by atoms with van der Waals surface area (Å²) in [6.07, 6.45) is 0. The van der Waals surface area contributed by atoms with Crippen LogP contribution in [-0.4, -0.2) is 18.9 Å². The van der Waals surface area contributed by atoms with Crippen LogP contribution in [0, 0.1) is 0 Å². The fourth-order valence-corrected chi connectivity index (χ4v) is 1.70. The normalized spacial score (nSPS) is 24.7. The molecule has 18 heavy (non-hydrogen) atoms. The fraction of sp³-hybridized carbons (Fsp3) is 0.500. The molecule has 0 aliphatic carbocycles. The Morgan fingerprint density at radius 1 is 1.39 bits per heavy atom. The van der Waals surface area contributed by atoms with Gasteiger partial charge in [0.25, 0.3) is 5.79 Å². The highest BCUT2D eigenvalue weighted by molar-refractivity contribution is 5.88. The number of hydrogen-bond acceptors (Lipinski definition) is 4. The minimum absolute atomic E-state index is 0. The third-order valence-corrected chi connectivity index (χ3v) is 3.35. The van der Waals surface area contributed by atoms with E-state index in [4.69, 9.17) is 9.47 Å². The topological polar surface area (TPSA) is 44.8 Å². The Labute approximate surface area is 109 Å². The van der Waals surface area contributed by atoms with E-state index in [0.717, 1.165) is 11.1 Å². The summed E-state index contributed by atoms with van der Waals surface area (Å²) in [6, 6.07) is 0. The second-order valence-electron chi connectivity index (χ2n) is 4.50. The molecule has 1 aliphatic heterocycles. The van der Waals surface area contributed by atoms with Crippen molar-refractivity contribution >= 4 is 5.97 Å². The fourth-order valence-electron chi connectivity index (χ4n) is 1.70. The summed E-state index contributed by atoms with van der Waals surface area (Å²) in [7, 11) is 1.34. The lowest BCUT2D eigenvalue weighted by Gasteiger charge is -2.28. The number of esters is 1. The Morgan fingerprint density at radius 3 is 2.33 bits per heavy atom. The summed E-state index contributed by atoms with van der Waals surface area (Å²) in [6.45, 7) is 12.8. The van der Waals surface area contributed by atoms with Gasteiger partial charge in [0.05, 0.1) is 12.7 Å². The first-order chi connectivity index (χ1) is 8.23. The molecule has 0 aromatic heterocycles. The third-order valence-electron chi connectivity index (χ3n) is 3.35. The van der Waals surface area contributed by atoms with Gasteiger partial charge in [-0.2, -0.15) is 0 Å². The van der Waals surface area contributed by atoms with Crippen LogP contribution in [0.15, 0.2) is 34.8 Å². The number of carbonyl (C=O) groups excluding carboxylic acids is 1. The predicted octanol–water partition coefficient (Wildman–Crippen LogP) is 3.31. The molecule has 1 aliphatic rings. The van der Waals surface area contributed by atoms with E-state index in [1.165, 1.54) is 7.11 Å². The number of allylic oxidation sites excluding steroid dienone is 2. The molecule has 1 atom stereocenters. The standard InChI is InChI=1S/C14H20O4.H2/c1-8-10(3)14(6,17-11(8)4)18-12(5)9(2)13(15)16-7;/h4H2,1-3,5-7H3;1H/b12-9+;/i;1+1. The van der Waals surface area contributed by atoms with Gasteiger partial charge in [-0.1, -0.05) is 6.58 Å². The maximum absolute atomic E-state index is 11.4. The van der Waals surface area contributed by atoms with Crippen molar-refractivity contribution < 1.29 is 20.4 Å². The van der Waals surface area contributed by atoms with Crippen molar-refractivity contribution in [3.8, 4) is 0 Å². The molecule has 4 nitrogen and oxygen atoms in total. The molecule has 0 N–H and O–H groups in total. The highest BCUT2D eigenvalue weighted by Gasteiger charge is 2.39. The number of ether oxygens (including phenoxy) is 3. The first-order valence-corrected chi connectivity index (χ1v) is 5.74. The van der Waals surface area contributed by atoms with Crippen LogP contribution in [0.1, 0.15) is 36.0 Å². The van der Waals surface area contributed by atoms with Crippen LogP contribution in [0.25, 0.3) is 0 Å². The lowest BCUT2D eigenvalue weighted by molar-refractivity contribution is -0.142. The second kappa shape index (κ2) is 4.88. The summed E-state index contributed by atoms with van der Waals surface area (Å²) < 4.78 is 16.1. The van der Waals surface area contributed by atoms with Crippen LogP contribution in [0.2, 0.25) is 0 Å². The molecule has 4 heteroatoms. The van der Waals surface area contributed by atoms with E-state index < -0.39 is 11.8 Å². The molecule has 0 aromatic rings. The van der Waals surface area contributed by atoms with Crippen LogP contribution in [0.4, 0.5) is 0 Å². The average molecular weight is 255 g/mol. The first-order valence-electron chi connectivity index (χ1n) is 5.74. The van der Waals surface area contributed by atoms with Gasteiger partial charge in [-0.15, -0.1) is 0 Å². The highest BCUT2D eigenvalue weighted by Crippen LogP contribution is 2.39. The lowest BCUT2D eigenvalue weighted by atomic mass is 10.1. The number of methoxy groups -OCH3 is 1. The molecule has 1 heterocycles. The summed E-state index contributed by atoms with van der Waals surface area (Å²) in [5.74, 6) is -0.239. The molecule has 1 unspecified atom stereocenters. The minimum Gasteiger partial charge on any atom is -0.466 e. The molecule has 0 spiro atoms. The second-order valence-corrected chi connectivity index (χ2v) is 4.50. The van der Waals surface area contributed by atoms with E-state index >= 15 is 0 Å². The summed E-state index contributed by atoms with van der Waals surface area (Å²) in [5.41, 5.74) is 2.34. The maximum atomic E-state index is 11.4. The van der Waals surface area contributed by atoms with Gasteiger partial charge >= 0.3 is 5.97 Å². The number of hydrogen-bond donors (Lipinski definition) is 0. The van der Waals surface area contributed by atoms with Crippen molar-refractivity contribution in [1.29, 1.82) is 0 Å². The predicted molar refractivity (Wildman–Crippen MR) is 70.6 cm³/mol. The quantitative estimate of drug-likeness (QED) is 0.441. The van der Waals surface area contributed by atoms with Crippen molar-refractivity contribution in [3.63, 3.8) is 0 Å². The van der Waals surface area contributed by atoms with Crippen LogP contribution in [-0.2, 0) is 19.0 Å². The monoisotopic (exact) mass is 255 g/mol. The van der Waals surface area contributed by atoms with Crippen LogP contribution < -0.4 is 0 Å². The molecule has 0 bridgehead atoms. The van der Waals surface area contributed by atoms with Gasteiger partial charge in [0, 0.05) is 13.9 Å². The summed E-state index contributed by atoms with van der Waals surface area (Å²) in [4.78, 5) is 11.4.